The van der Waals surface area contributed by atoms with E-state index in [2.05, 4.69) is 0 Å². The van der Waals surface area contributed by atoms with Crippen LogP contribution in [0.2, 0.25) is 15.1 Å². The highest BCUT2D eigenvalue weighted by atomic mass is 35.5. The van der Waals surface area contributed by atoms with Gasteiger partial charge in [0.25, 0.3) is 17.7 Å². The first kappa shape index (κ1) is 22.1. The van der Waals surface area contributed by atoms with Crippen LogP contribution in [0, 0.1) is 23.7 Å². The Morgan fingerprint density at radius 1 is 0.879 bits per heavy atom. The van der Waals surface area contributed by atoms with E-state index >= 15 is 0 Å². The maximum absolute atomic E-state index is 13.5. The van der Waals surface area contributed by atoms with E-state index in [1.807, 2.05) is 12.2 Å². The molecule has 0 unspecified atom stereocenters. The van der Waals surface area contributed by atoms with Gasteiger partial charge >= 0.3 is 0 Å². The molecule has 0 aromatic heterocycles. The van der Waals surface area contributed by atoms with Crippen molar-refractivity contribution < 1.29 is 19.2 Å². The van der Waals surface area contributed by atoms with Crippen molar-refractivity contribution in [1.82, 2.24) is 10.0 Å². The Kier molecular flexibility index (Phi) is 5.55. The fraction of sp³-hybridized carbons (Fsp3) is 0.250. The number of Topliss-reactive ketones (excluding diaryl/α,β-unsaturated/α-hetero) is 1. The molecule has 1 heterocycles. The first-order valence-electron chi connectivity index (χ1n) is 10.4. The Hall–Kier alpha value is -2.67. The van der Waals surface area contributed by atoms with Gasteiger partial charge in [0.1, 0.15) is 6.54 Å². The number of nitrogens with zero attached hydrogens (tertiary/aromatic N) is 2. The summed E-state index contributed by atoms with van der Waals surface area (Å²) >= 11 is 18.1. The number of hydrazine groups is 1. The molecule has 0 spiro atoms. The van der Waals surface area contributed by atoms with Gasteiger partial charge in [-0.2, -0.15) is 5.01 Å². The maximum Gasteiger partial charge on any atom is 0.274 e. The van der Waals surface area contributed by atoms with Gasteiger partial charge in [-0.1, -0.05) is 47.0 Å². The van der Waals surface area contributed by atoms with Crippen molar-refractivity contribution in [2.75, 3.05) is 6.54 Å². The van der Waals surface area contributed by atoms with Crippen molar-refractivity contribution in [3.05, 3.63) is 80.8 Å². The smallest absolute Gasteiger partial charge is 0.274 e. The Labute approximate surface area is 204 Å². The van der Waals surface area contributed by atoms with E-state index in [4.69, 9.17) is 34.8 Å². The summed E-state index contributed by atoms with van der Waals surface area (Å²) in [7, 11) is 0. The Balaban J connectivity index is 1.52. The minimum atomic E-state index is -0.735. The summed E-state index contributed by atoms with van der Waals surface area (Å²) in [6.07, 6.45) is 4.67. The van der Waals surface area contributed by atoms with Crippen molar-refractivity contribution in [3.8, 4) is 0 Å². The Bertz CT molecular complexity index is 1200. The highest BCUT2D eigenvalue weighted by Gasteiger charge is 2.61. The quantitative estimate of drug-likeness (QED) is 0.337. The SMILES string of the molecule is O=C(CN(C(=O)c1ccc(Cl)cc1Cl)N1C(=O)[C@@H]2[C@@H](C1=O)[C@H]1C=C[C@H]2C1)c1ccc(Cl)cc1. The molecule has 0 N–H and O–H groups in total. The van der Waals surface area contributed by atoms with E-state index in [9.17, 15) is 19.2 Å². The minimum Gasteiger partial charge on any atom is -0.292 e. The molecule has 6 nitrogen and oxygen atoms in total. The number of amides is 3. The zero-order valence-electron chi connectivity index (χ0n) is 17.1. The van der Waals surface area contributed by atoms with Crippen LogP contribution in [0.4, 0.5) is 0 Å². The summed E-state index contributed by atoms with van der Waals surface area (Å²) < 4.78 is 0. The molecule has 0 radical (unpaired) electrons. The summed E-state index contributed by atoms with van der Waals surface area (Å²) in [5, 5.41) is 2.59. The standard InChI is InChI=1S/C24H17Cl3N2O4/c25-15-5-3-12(4-6-15)19(30)11-28(22(31)17-8-7-16(26)10-18(17)27)29-23(32)20-13-1-2-14(9-13)21(20)24(29)33/h1-8,10,13-14,20-21H,9,11H2/t13-,14-,20-,21-/m0/s1. The van der Waals surface area contributed by atoms with Gasteiger partial charge in [-0.25, -0.2) is 5.01 Å². The predicted octanol–water partition coefficient (Wildman–Crippen LogP) is 4.69. The third-order valence-corrected chi connectivity index (χ3v) is 7.34. The van der Waals surface area contributed by atoms with Gasteiger partial charge in [-0.05, 0) is 60.7 Å². The molecule has 168 valence electrons. The molecule has 2 bridgehead atoms. The number of fused-ring (bicyclic) bond motifs is 5. The summed E-state index contributed by atoms with van der Waals surface area (Å²) in [6, 6.07) is 10.4. The normalized spacial score (nSPS) is 25.0. The molecular formula is C24H17Cl3N2O4. The molecule has 1 saturated heterocycles. The van der Waals surface area contributed by atoms with Gasteiger partial charge in [-0.3, -0.25) is 19.2 Å². The number of carbonyl (C=O) groups excluding carboxylic acids is 4. The Morgan fingerprint density at radius 3 is 2.03 bits per heavy atom. The molecule has 33 heavy (non-hydrogen) atoms. The van der Waals surface area contributed by atoms with Gasteiger partial charge in [-0.15, -0.1) is 0 Å². The van der Waals surface area contributed by atoms with E-state index in [-0.39, 0.29) is 22.4 Å². The predicted molar refractivity (Wildman–Crippen MR) is 123 cm³/mol. The van der Waals surface area contributed by atoms with Crippen LogP contribution in [0.5, 0.6) is 0 Å². The molecule has 9 heteroatoms. The van der Waals surface area contributed by atoms with Gasteiger partial charge in [0.2, 0.25) is 0 Å². The van der Waals surface area contributed by atoms with Gasteiger partial charge < -0.3 is 0 Å². The van der Waals surface area contributed by atoms with E-state index in [0.717, 1.165) is 16.4 Å². The third-order valence-electron chi connectivity index (χ3n) is 6.54. The summed E-state index contributed by atoms with van der Waals surface area (Å²) in [4.78, 5) is 53.3. The molecule has 3 aliphatic rings. The number of allylic oxidation sites excluding steroid dienone is 2. The molecule has 1 saturated carbocycles. The zero-order chi connectivity index (χ0) is 23.4. The lowest BCUT2D eigenvalue weighted by Crippen LogP contribution is -2.52. The van der Waals surface area contributed by atoms with Gasteiger partial charge in [0.15, 0.2) is 5.78 Å². The van der Waals surface area contributed by atoms with E-state index in [1.54, 1.807) is 12.1 Å². The van der Waals surface area contributed by atoms with Crippen molar-refractivity contribution >= 4 is 58.3 Å². The van der Waals surface area contributed by atoms with Crippen LogP contribution in [0.1, 0.15) is 27.1 Å². The lowest BCUT2D eigenvalue weighted by Gasteiger charge is -2.31. The molecule has 4 atom stereocenters. The zero-order valence-corrected chi connectivity index (χ0v) is 19.3. The van der Waals surface area contributed by atoms with Crippen LogP contribution in [0.3, 0.4) is 0 Å². The molecular weight excluding hydrogens is 487 g/mol. The van der Waals surface area contributed by atoms with Crippen molar-refractivity contribution in [2.45, 2.75) is 6.42 Å². The van der Waals surface area contributed by atoms with Crippen LogP contribution in [0.15, 0.2) is 54.6 Å². The maximum atomic E-state index is 13.5. The highest BCUT2D eigenvalue weighted by Crippen LogP contribution is 2.52. The number of hydrogen-bond donors (Lipinski definition) is 0. The van der Waals surface area contributed by atoms with Gasteiger partial charge in [0, 0.05) is 15.6 Å². The van der Waals surface area contributed by atoms with Crippen molar-refractivity contribution in [2.24, 2.45) is 23.7 Å². The lowest BCUT2D eigenvalue weighted by molar-refractivity contribution is -0.154. The van der Waals surface area contributed by atoms with E-state index in [1.165, 1.54) is 30.3 Å². The number of rotatable bonds is 5. The number of carbonyl (C=O) groups is 4. The van der Waals surface area contributed by atoms with Crippen LogP contribution >= 0.6 is 34.8 Å². The fourth-order valence-corrected chi connectivity index (χ4v) is 5.64. The number of imide groups is 1. The molecule has 2 aromatic carbocycles. The molecule has 2 aliphatic carbocycles. The third kappa shape index (κ3) is 3.66. The first-order chi connectivity index (χ1) is 15.8. The van der Waals surface area contributed by atoms with Crippen LogP contribution in [0.25, 0.3) is 0 Å². The van der Waals surface area contributed by atoms with Crippen molar-refractivity contribution in [1.29, 1.82) is 0 Å². The van der Waals surface area contributed by atoms with E-state index < -0.39 is 41.9 Å². The largest absolute Gasteiger partial charge is 0.292 e. The van der Waals surface area contributed by atoms with Crippen LogP contribution < -0.4 is 0 Å². The minimum absolute atomic E-state index is 0.0312. The fourth-order valence-electron chi connectivity index (χ4n) is 5.02. The van der Waals surface area contributed by atoms with Crippen molar-refractivity contribution in [3.63, 3.8) is 0 Å². The average Bonchev–Trinajstić information content (AvgIpc) is 3.46. The molecule has 1 aliphatic heterocycles. The Morgan fingerprint density at radius 2 is 1.45 bits per heavy atom. The van der Waals surface area contributed by atoms with Crippen LogP contribution in [-0.4, -0.2) is 40.1 Å². The molecule has 3 amide bonds. The highest BCUT2D eigenvalue weighted by molar-refractivity contribution is 6.36. The summed E-state index contributed by atoms with van der Waals surface area (Å²) in [6.45, 7) is -0.515. The topological polar surface area (TPSA) is 74.8 Å². The number of hydrogen-bond acceptors (Lipinski definition) is 4. The summed E-state index contributed by atoms with van der Waals surface area (Å²) in [5.74, 6) is -3.24. The molecule has 2 fully saturated rings. The van der Waals surface area contributed by atoms with Crippen LogP contribution in [-0.2, 0) is 9.59 Å². The monoisotopic (exact) mass is 502 g/mol. The molecule has 2 aromatic rings. The second kappa shape index (κ2) is 8.28. The second-order valence-electron chi connectivity index (χ2n) is 8.41. The first-order valence-corrected chi connectivity index (χ1v) is 11.5. The summed E-state index contributed by atoms with van der Waals surface area (Å²) in [5.41, 5.74) is 0.323. The second-order valence-corrected chi connectivity index (χ2v) is 9.69. The average molecular weight is 504 g/mol. The van der Waals surface area contributed by atoms with Gasteiger partial charge in [0.05, 0.1) is 22.4 Å². The number of benzene rings is 2. The molecule has 5 rings (SSSR count). The lowest BCUT2D eigenvalue weighted by atomic mass is 9.85. The number of ketones is 1. The number of halogens is 3. The van der Waals surface area contributed by atoms with E-state index in [0.29, 0.717) is 15.6 Å².